The predicted octanol–water partition coefficient (Wildman–Crippen LogP) is 2.76. The molecule has 1 atom stereocenters. The number of aromatic nitrogens is 3. The van der Waals surface area contributed by atoms with Gasteiger partial charge < -0.3 is 14.2 Å². The first kappa shape index (κ1) is 17.4. The van der Waals surface area contributed by atoms with Crippen LogP contribution >= 0.6 is 0 Å². The molecule has 0 saturated carbocycles. The molecule has 0 bridgehead atoms. The van der Waals surface area contributed by atoms with E-state index in [1.807, 2.05) is 18.3 Å². The standard InChI is InChI=1S/C19H27N5O2/c1-14(2)13-24-7-3-4-16(24)19-21-18(22-26-19)15-5-6-20-17(12-15)23-8-10-25-11-9-23/h5-6,12,14,16H,3-4,7-11,13H2,1-2H3. The van der Waals surface area contributed by atoms with E-state index in [2.05, 4.69) is 33.8 Å². The first-order chi connectivity index (χ1) is 12.7. The average Bonchev–Trinajstić information content (AvgIpc) is 3.31. The van der Waals surface area contributed by atoms with Gasteiger partial charge in [-0.1, -0.05) is 19.0 Å². The third-order valence-electron chi connectivity index (χ3n) is 5.03. The molecule has 0 aliphatic carbocycles. The lowest BCUT2D eigenvalue weighted by atomic mass is 10.1. The van der Waals surface area contributed by atoms with E-state index in [4.69, 9.17) is 14.2 Å². The normalized spacial score (nSPS) is 21.7. The Morgan fingerprint density at radius 3 is 2.88 bits per heavy atom. The topological polar surface area (TPSA) is 67.5 Å². The van der Waals surface area contributed by atoms with Gasteiger partial charge in [0.05, 0.1) is 19.3 Å². The Bertz CT molecular complexity index is 726. The average molecular weight is 357 g/mol. The van der Waals surface area contributed by atoms with Gasteiger partial charge in [-0.3, -0.25) is 4.90 Å². The lowest BCUT2D eigenvalue weighted by Gasteiger charge is -2.27. The molecule has 0 spiro atoms. The molecule has 4 heterocycles. The van der Waals surface area contributed by atoms with Crippen molar-refractivity contribution in [3.8, 4) is 11.4 Å². The van der Waals surface area contributed by atoms with Crippen molar-refractivity contribution in [2.24, 2.45) is 5.92 Å². The third-order valence-corrected chi connectivity index (χ3v) is 5.03. The predicted molar refractivity (Wildman–Crippen MR) is 98.9 cm³/mol. The Hall–Kier alpha value is -1.99. The number of hydrogen-bond donors (Lipinski definition) is 0. The molecule has 26 heavy (non-hydrogen) atoms. The smallest absolute Gasteiger partial charge is 0.244 e. The summed E-state index contributed by atoms with van der Waals surface area (Å²) in [6.45, 7) is 9.88. The second-order valence-electron chi connectivity index (χ2n) is 7.51. The highest BCUT2D eigenvalue weighted by molar-refractivity contribution is 5.59. The van der Waals surface area contributed by atoms with E-state index >= 15 is 0 Å². The second kappa shape index (κ2) is 7.72. The summed E-state index contributed by atoms with van der Waals surface area (Å²) in [4.78, 5) is 13.9. The van der Waals surface area contributed by atoms with Gasteiger partial charge in [-0.2, -0.15) is 4.98 Å². The van der Waals surface area contributed by atoms with Crippen LogP contribution in [0.15, 0.2) is 22.9 Å². The van der Waals surface area contributed by atoms with E-state index in [0.717, 1.165) is 63.1 Å². The highest BCUT2D eigenvalue weighted by atomic mass is 16.5. The number of nitrogens with zero attached hydrogens (tertiary/aromatic N) is 5. The number of pyridine rings is 1. The summed E-state index contributed by atoms with van der Waals surface area (Å²) in [5.74, 6) is 2.96. The zero-order chi connectivity index (χ0) is 17.9. The van der Waals surface area contributed by atoms with Crippen LogP contribution in [-0.2, 0) is 4.74 Å². The minimum atomic E-state index is 0.249. The molecular formula is C19H27N5O2. The second-order valence-corrected chi connectivity index (χ2v) is 7.51. The van der Waals surface area contributed by atoms with Crippen molar-refractivity contribution in [1.29, 1.82) is 0 Å². The molecule has 2 saturated heterocycles. The lowest BCUT2D eigenvalue weighted by Crippen LogP contribution is -2.36. The Kier molecular flexibility index (Phi) is 5.17. The molecule has 2 fully saturated rings. The van der Waals surface area contributed by atoms with Crippen LogP contribution in [0.1, 0.15) is 38.6 Å². The van der Waals surface area contributed by atoms with Gasteiger partial charge in [0, 0.05) is 31.4 Å². The molecule has 1 unspecified atom stereocenters. The summed E-state index contributed by atoms with van der Waals surface area (Å²) in [6.07, 6.45) is 4.09. The quantitative estimate of drug-likeness (QED) is 0.815. The number of ether oxygens (including phenoxy) is 1. The Labute approximate surface area is 154 Å². The van der Waals surface area contributed by atoms with Gasteiger partial charge >= 0.3 is 0 Å². The van der Waals surface area contributed by atoms with Crippen LogP contribution in [0.2, 0.25) is 0 Å². The van der Waals surface area contributed by atoms with Crippen LogP contribution in [-0.4, -0.2) is 59.4 Å². The van der Waals surface area contributed by atoms with Crippen LogP contribution in [0.5, 0.6) is 0 Å². The molecule has 7 nitrogen and oxygen atoms in total. The molecule has 2 aliphatic heterocycles. The van der Waals surface area contributed by atoms with Crippen LogP contribution in [0.3, 0.4) is 0 Å². The van der Waals surface area contributed by atoms with Crippen LogP contribution in [0, 0.1) is 5.92 Å². The number of rotatable bonds is 5. The van der Waals surface area contributed by atoms with Gasteiger partial charge in [0.2, 0.25) is 11.7 Å². The van der Waals surface area contributed by atoms with Gasteiger partial charge in [0.15, 0.2) is 0 Å². The van der Waals surface area contributed by atoms with Gasteiger partial charge in [0.25, 0.3) is 0 Å². The van der Waals surface area contributed by atoms with Crippen molar-refractivity contribution in [3.63, 3.8) is 0 Å². The molecule has 140 valence electrons. The summed E-state index contributed by atoms with van der Waals surface area (Å²) in [6, 6.07) is 4.23. The van der Waals surface area contributed by atoms with E-state index in [0.29, 0.717) is 11.7 Å². The fraction of sp³-hybridized carbons (Fsp3) is 0.632. The van der Waals surface area contributed by atoms with Crippen LogP contribution in [0.4, 0.5) is 5.82 Å². The van der Waals surface area contributed by atoms with E-state index in [1.54, 1.807) is 0 Å². The Balaban J connectivity index is 1.52. The lowest BCUT2D eigenvalue weighted by molar-refractivity contribution is 0.122. The number of morpholine rings is 1. The summed E-state index contributed by atoms with van der Waals surface area (Å²) in [5.41, 5.74) is 0.949. The SMILES string of the molecule is CC(C)CN1CCCC1c1nc(-c2ccnc(N3CCOCC3)c2)no1. The van der Waals surface area contributed by atoms with Gasteiger partial charge in [0.1, 0.15) is 5.82 Å². The fourth-order valence-electron chi connectivity index (χ4n) is 3.80. The summed E-state index contributed by atoms with van der Waals surface area (Å²) >= 11 is 0. The molecule has 0 N–H and O–H groups in total. The zero-order valence-corrected chi connectivity index (χ0v) is 15.6. The maximum absolute atomic E-state index is 5.64. The molecule has 0 radical (unpaired) electrons. The Morgan fingerprint density at radius 2 is 2.08 bits per heavy atom. The largest absolute Gasteiger partial charge is 0.378 e. The maximum Gasteiger partial charge on any atom is 0.244 e. The number of likely N-dealkylation sites (tertiary alicyclic amines) is 1. The first-order valence-electron chi connectivity index (χ1n) is 9.57. The van der Waals surface area contributed by atoms with Crippen molar-refractivity contribution in [2.45, 2.75) is 32.7 Å². The molecule has 7 heteroatoms. The van der Waals surface area contributed by atoms with Gasteiger partial charge in [-0.25, -0.2) is 4.98 Å². The highest BCUT2D eigenvalue weighted by Gasteiger charge is 2.31. The molecule has 0 aromatic carbocycles. The molecule has 0 amide bonds. The summed E-state index contributed by atoms with van der Waals surface area (Å²) in [5, 5.41) is 4.25. The minimum absolute atomic E-state index is 0.249. The molecule has 4 rings (SSSR count). The monoisotopic (exact) mass is 357 g/mol. The van der Waals surface area contributed by atoms with Crippen molar-refractivity contribution in [3.05, 3.63) is 24.2 Å². The number of hydrogen-bond acceptors (Lipinski definition) is 7. The maximum atomic E-state index is 5.64. The summed E-state index contributed by atoms with van der Waals surface area (Å²) < 4.78 is 11.1. The molecule has 2 aromatic heterocycles. The van der Waals surface area contributed by atoms with Crippen LogP contribution in [0.25, 0.3) is 11.4 Å². The van der Waals surface area contributed by atoms with Gasteiger partial charge in [-0.05, 0) is 37.4 Å². The van der Waals surface area contributed by atoms with E-state index in [-0.39, 0.29) is 6.04 Å². The van der Waals surface area contributed by atoms with Gasteiger partial charge in [-0.15, -0.1) is 0 Å². The van der Waals surface area contributed by atoms with Crippen LogP contribution < -0.4 is 4.90 Å². The fourth-order valence-corrected chi connectivity index (χ4v) is 3.80. The highest BCUT2D eigenvalue weighted by Crippen LogP contribution is 2.32. The zero-order valence-electron chi connectivity index (χ0n) is 15.6. The van der Waals surface area contributed by atoms with Crippen molar-refractivity contribution < 1.29 is 9.26 Å². The van der Waals surface area contributed by atoms with Crippen molar-refractivity contribution in [1.82, 2.24) is 20.0 Å². The first-order valence-corrected chi connectivity index (χ1v) is 9.57. The molecule has 2 aliphatic rings. The van der Waals surface area contributed by atoms with E-state index < -0.39 is 0 Å². The Morgan fingerprint density at radius 1 is 1.23 bits per heavy atom. The minimum Gasteiger partial charge on any atom is -0.378 e. The molecular weight excluding hydrogens is 330 g/mol. The van der Waals surface area contributed by atoms with Crippen molar-refractivity contribution in [2.75, 3.05) is 44.3 Å². The number of anilines is 1. The van der Waals surface area contributed by atoms with Crippen molar-refractivity contribution >= 4 is 5.82 Å². The van der Waals surface area contributed by atoms with E-state index in [1.165, 1.54) is 6.42 Å². The van der Waals surface area contributed by atoms with E-state index in [9.17, 15) is 0 Å². The molecule has 2 aromatic rings. The third kappa shape index (κ3) is 3.73. The summed E-state index contributed by atoms with van der Waals surface area (Å²) in [7, 11) is 0.